The van der Waals surface area contributed by atoms with Crippen LogP contribution < -0.4 is 5.32 Å². The molecule has 35 heavy (non-hydrogen) atoms. The summed E-state index contributed by atoms with van der Waals surface area (Å²) in [5, 5.41) is 12.7. The van der Waals surface area contributed by atoms with Crippen LogP contribution in [0.3, 0.4) is 0 Å². The first-order valence-corrected chi connectivity index (χ1v) is 12.2. The number of hydrogen-bond donors (Lipinski definition) is 2. The fourth-order valence-corrected chi connectivity index (χ4v) is 6.81. The normalized spacial score (nSPS) is 29.6. The summed E-state index contributed by atoms with van der Waals surface area (Å²) in [4.78, 5) is 51.5. The SMILES string of the molecule is COC(=O)C12CC3CC(CC(C(=O)N[C@@H](Cc4ccc(C=CC(=O)N(C)C)cc4)C(=O)O)(C3)C1)C2. The third-order valence-electron chi connectivity index (χ3n) is 8.04. The highest BCUT2D eigenvalue weighted by Gasteiger charge is 2.63. The summed E-state index contributed by atoms with van der Waals surface area (Å²) in [7, 11) is 4.75. The largest absolute Gasteiger partial charge is 0.480 e. The molecule has 5 rings (SSSR count). The summed E-state index contributed by atoms with van der Waals surface area (Å²) < 4.78 is 5.12. The molecule has 0 aliphatic heterocycles. The van der Waals surface area contributed by atoms with Crippen LogP contribution in [0.2, 0.25) is 0 Å². The maximum absolute atomic E-state index is 13.5. The van der Waals surface area contributed by atoms with Crippen molar-refractivity contribution >= 4 is 29.8 Å². The zero-order chi connectivity index (χ0) is 25.4. The van der Waals surface area contributed by atoms with E-state index >= 15 is 0 Å². The average Bonchev–Trinajstić information content (AvgIpc) is 2.81. The topological polar surface area (TPSA) is 113 Å². The van der Waals surface area contributed by atoms with Crippen molar-refractivity contribution in [2.45, 2.75) is 51.0 Å². The second-order valence-electron chi connectivity index (χ2n) is 10.9. The Morgan fingerprint density at radius 2 is 1.69 bits per heavy atom. The number of amides is 2. The highest BCUT2D eigenvalue weighted by atomic mass is 16.5. The van der Waals surface area contributed by atoms with Crippen LogP contribution in [0.4, 0.5) is 0 Å². The molecule has 4 bridgehead atoms. The van der Waals surface area contributed by atoms with Gasteiger partial charge in [0.2, 0.25) is 11.8 Å². The highest BCUT2D eigenvalue weighted by molar-refractivity contribution is 5.91. The van der Waals surface area contributed by atoms with Gasteiger partial charge in [-0.3, -0.25) is 14.4 Å². The number of carboxylic acids is 1. The summed E-state index contributed by atoms with van der Waals surface area (Å²) in [6.45, 7) is 0. The van der Waals surface area contributed by atoms with Gasteiger partial charge in [-0.2, -0.15) is 0 Å². The number of carbonyl (C=O) groups excluding carboxylic acids is 3. The quantitative estimate of drug-likeness (QED) is 0.435. The van der Waals surface area contributed by atoms with E-state index in [1.807, 2.05) is 12.1 Å². The Labute approximate surface area is 205 Å². The number of ether oxygens (including phenoxy) is 1. The number of nitrogens with one attached hydrogen (secondary N) is 1. The van der Waals surface area contributed by atoms with Gasteiger partial charge in [-0.05, 0) is 67.6 Å². The van der Waals surface area contributed by atoms with Gasteiger partial charge in [-0.15, -0.1) is 0 Å². The predicted octanol–water partition coefficient (Wildman–Crippen LogP) is 2.66. The molecule has 3 atom stereocenters. The summed E-state index contributed by atoms with van der Waals surface area (Å²) in [6, 6.07) is 6.17. The number of hydrogen-bond acceptors (Lipinski definition) is 5. The summed E-state index contributed by atoms with van der Waals surface area (Å²) in [5.41, 5.74) is 0.262. The minimum atomic E-state index is -1.09. The van der Waals surface area contributed by atoms with Crippen molar-refractivity contribution in [2.75, 3.05) is 21.2 Å². The van der Waals surface area contributed by atoms with Gasteiger partial charge < -0.3 is 20.1 Å². The van der Waals surface area contributed by atoms with Gasteiger partial charge in [0.1, 0.15) is 6.04 Å². The molecule has 0 saturated heterocycles. The van der Waals surface area contributed by atoms with Crippen LogP contribution in [0.5, 0.6) is 0 Å². The number of carbonyl (C=O) groups is 4. The molecule has 8 heteroatoms. The van der Waals surface area contributed by atoms with E-state index in [-0.39, 0.29) is 24.2 Å². The lowest BCUT2D eigenvalue weighted by Crippen LogP contribution is -2.61. The van der Waals surface area contributed by atoms with Crippen LogP contribution in [0.15, 0.2) is 30.3 Å². The number of methoxy groups -OCH3 is 1. The molecule has 1 aromatic rings. The van der Waals surface area contributed by atoms with E-state index < -0.39 is 22.8 Å². The zero-order valence-corrected chi connectivity index (χ0v) is 20.6. The number of esters is 1. The van der Waals surface area contributed by atoms with Crippen molar-refractivity contribution in [2.24, 2.45) is 22.7 Å². The third kappa shape index (κ3) is 4.97. The maximum atomic E-state index is 13.5. The van der Waals surface area contributed by atoms with Gasteiger partial charge in [0.15, 0.2) is 0 Å². The van der Waals surface area contributed by atoms with Gasteiger partial charge in [0.05, 0.1) is 17.9 Å². The standard InChI is InChI=1S/C27H34N2O6/c1-29(2)22(30)9-8-17-4-6-18(7-5-17)11-21(23(31)32)28-24(33)26-12-19-10-20(13-26)15-27(14-19,16-26)25(34)35-3/h4-9,19-21H,10-16H2,1-3H3,(H,28,33)(H,31,32)/t19?,20?,21-,26?,27?/m0/s1. The first kappa shape index (κ1) is 24.9. The van der Waals surface area contributed by atoms with Crippen LogP contribution in [-0.4, -0.2) is 61.0 Å². The molecule has 188 valence electrons. The molecule has 2 N–H and O–H groups in total. The van der Waals surface area contributed by atoms with Crippen molar-refractivity contribution in [3.05, 3.63) is 41.5 Å². The Morgan fingerprint density at radius 1 is 1.09 bits per heavy atom. The fraction of sp³-hybridized carbons (Fsp3) is 0.556. The minimum absolute atomic E-state index is 0.124. The van der Waals surface area contributed by atoms with Crippen molar-refractivity contribution in [1.29, 1.82) is 0 Å². The van der Waals surface area contributed by atoms with Crippen LogP contribution in [0, 0.1) is 22.7 Å². The first-order valence-electron chi connectivity index (χ1n) is 12.2. The van der Waals surface area contributed by atoms with Gasteiger partial charge >= 0.3 is 11.9 Å². The molecule has 4 aliphatic rings. The van der Waals surface area contributed by atoms with Crippen LogP contribution in [0.25, 0.3) is 6.08 Å². The zero-order valence-electron chi connectivity index (χ0n) is 20.6. The molecule has 4 fully saturated rings. The van der Waals surface area contributed by atoms with Gasteiger partial charge in [-0.25, -0.2) is 4.79 Å². The average molecular weight is 483 g/mol. The number of rotatable bonds is 8. The van der Waals surface area contributed by atoms with Crippen molar-refractivity contribution < 1.29 is 29.0 Å². The predicted molar refractivity (Wildman–Crippen MR) is 129 cm³/mol. The molecule has 8 nitrogen and oxygen atoms in total. The molecule has 4 aliphatic carbocycles. The number of benzene rings is 1. The molecule has 0 radical (unpaired) electrons. The van der Waals surface area contributed by atoms with E-state index in [1.54, 1.807) is 32.3 Å². The Bertz CT molecular complexity index is 1030. The van der Waals surface area contributed by atoms with E-state index in [9.17, 15) is 24.3 Å². The van der Waals surface area contributed by atoms with Crippen molar-refractivity contribution in [1.82, 2.24) is 10.2 Å². The monoisotopic (exact) mass is 482 g/mol. The van der Waals surface area contributed by atoms with Crippen molar-refractivity contribution in [3.63, 3.8) is 0 Å². The molecule has 2 amide bonds. The summed E-state index contributed by atoms with van der Waals surface area (Å²) in [6.07, 6.45) is 7.70. The van der Waals surface area contributed by atoms with E-state index in [1.165, 1.54) is 18.1 Å². The lowest BCUT2D eigenvalue weighted by molar-refractivity contribution is -0.182. The van der Waals surface area contributed by atoms with Gasteiger partial charge in [0.25, 0.3) is 0 Å². The van der Waals surface area contributed by atoms with Crippen LogP contribution >= 0.6 is 0 Å². The van der Waals surface area contributed by atoms with E-state index in [0.29, 0.717) is 31.1 Å². The molecule has 4 saturated carbocycles. The second kappa shape index (κ2) is 9.47. The lowest BCUT2D eigenvalue weighted by Gasteiger charge is -2.59. The summed E-state index contributed by atoms with van der Waals surface area (Å²) >= 11 is 0. The molecular weight excluding hydrogens is 448 g/mol. The van der Waals surface area contributed by atoms with Crippen LogP contribution in [-0.2, 0) is 30.3 Å². The van der Waals surface area contributed by atoms with E-state index in [4.69, 9.17) is 4.74 Å². The lowest BCUT2D eigenvalue weighted by atomic mass is 9.44. The number of nitrogens with zero attached hydrogens (tertiary/aromatic N) is 1. The van der Waals surface area contributed by atoms with Gasteiger partial charge in [0, 0.05) is 26.6 Å². The molecule has 1 aromatic carbocycles. The Morgan fingerprint density at radius 3 is 2.23 bits per heavy atom. The highest BCUT2D eigenvalue weighted by Crippen LogP contribution is 2.65. The van der Waals surface area contributed by atoms with E-state index in [0.717, 1.165) is 30.4 Å². The van der Waals surface area contributed by atoms with Gasteiger partial charge in [-0.1, -0.05) is 24.3 Å². The molecular formula is C27H34N2O6. The number of aliphatic carboxylic acids is 1. The Hall–Kier alpha value is -3.16. The Balaban J connectivity index is 1.45. The minimum Gasteiger partial charge on any atom is -0.480 e. The van der Waals surface area contributed by atoms with Crippen LogP contribution in [0.1, 0.15) is 49.7 Å². The molecule has 0 spiro atoms. The maximum Gasteiger partial charge on any atom is 0.326 e. The Kier molecular flexibility index (Phi) is 6.75. The number of carboxylic acid groups (broad SMARTS) is 1. The molecule has 0 heterocycles. The van der Waals surface area contributed by atoms with Crippen molar-refractivity contribution in [3.8, 4) is 0 Å². The van der Waals surface area contributed by atoms with E-state index in [2.05, 4.69) is 5.32 Å². The molecule has 2 unspecified atom stereocenters. The smallest absolute Gasteiger partial charge is 0.326 e. The fourth-order valence-electron chi connectivity index (χ4n) is 6.81. The third-order valence-corrected chi connectivity index (χ3v) is 8.04. The second-order valence-corrected chi connectivity index (χ2v) is 10.9. The molecule has 0 aromatic heterocycles. The number of likely N-dealkylation sites (N-methyl/N-ethyl adjacent to an activating group) is 1. The summed E-state index contributed by atoms with van der Waals surface area (Å²) in [5.74, 6) is -1.12. The first-order chi connectivity index (χ1) is 16.6.